The van der Waals surface area contributed by atoms with Crippen molar-refractivity contribution in [2.75, 3.05) is 12.4 Å². The van der Waals surface area contributed by atoms with E-state index in [-0.39, 0.29) is 11.9 Å². The van der Waals surface area contributed by atoms with E-state index in [1.807, 2.05) is 37.1 Å². The lowest BCUT2D eigenvalue weighted by Crippen LogP contribution is -2.39. The van der Waals surface area contributed by atoms with Gasteiger partial charge in [0, 0.05) is 5.69 Å². The maximum absolute atomic E-state index is 12.4. The third-order valence-corrected chi connectivity index (χ3v) is 5.07. The van der Waals surface area contributed by atoms with Gasteiger partial charge in [0.1, 0.15) is 5.01 Å². The third kappa shape index (κ3) is 4.02. The minimum Gasteiger partial charge on any atom is -0.325 e. The Kier molecular flexibility index (Phi) is 5.08. The molecule has 0 aliphatic heterocycles. The Balaban J connectivity index is 1.63. The van der Waals surface area contributed by atoms with Crippen molar-refractivity contribution in [1.29, 1.82) is 5.26 Å². The molecular weight excluding hydrogens is 332 g/mol. The monoisotopic (exact) mass is 350 g/mol. The summed E-state index contributed by atoms with van der Waals surface area (Å²) >= 11 is 1.65. The van der Waals surface area contributed by atoms with Gasteiger partial charge in [-0.2, -0.15) is 5.26 Å². The van der Waals surface area contributed by atoms with Crippen molar-refractivity contribution in [2.45, 2.75) is 19.5 Å². The second kappa shape index (κ2) is 7.43. The number of anilines is 1. The molecule has 25 heavy (non-hydrogen) atoms. The first-order valence-corrected chi connectivity index (χ1v) is 8.74. The van der Waals surface area contributed by atoms with Gasteiger partial charge >= 0.3 is 0 Å². The normalized spacial score (nSPS) is 12.1. The Hall–Kier alpha value is -2.75. The van der Waals surface area contributed by atoms with Crippen molar-refractivity contribution >= 4 is 33.1 Å². The molecule has 1 atom stereocenters. The van der Waals surface area contributed by atoms with Gasteiger partial charge in [-0.25, -0.2) is 4.98 Å². The minimum absolute atomic E-state index is 0.0895. The van der Waals surface area contributed by atoms with E-state index in [0.29, 0.717) is 17.8 Å². The minimum atomic E-state index is -0.303. The average molecular weight is 350 g/mol. The summed E-state index contributed by atoms with van der Waals surface area (Å²) in [5, 5.41) is 12.7. The number of carbonyl (C=O) groups is 1. The number of nitrogens with zero attached hydrogens (tertiary/aromatic N) is 3. The molecule has 0 radical (unpaired) electrons. The van der Waals surface area contributed by atoms with Crippen LogP contribution in [0.15, 0.2) is 48.5 Å². The van der Waals surface area contributed by atoms with Crippen LogP contribution < -0.4 is 5.32 Å². The molecule has 1 aromatic heterocycles. The van der Waals surface area contributed by atoms with Crippen molar-refractivity contribution < 1.29 is 4.79 Å². The highest BCUT2D eigenvalue weighted by molar-refractivity contribution is 7.18. The number of para-hydroxylation sites is 1. The molecule has 5 nitrogen and oxygen atoms in total. The molecule has 2 aromatic carbocycles. The lowest BCUT2D eigenvalue weighted by Gasteiger charge is -2.22. The Labute approximate surface area is 150 Å². The molecule has 0 unspecified atom stereocenters. The van der Waals surface area contributed by atoms with Crippen LogP contribution in [0.4, 0.5) is 5.69 Å². The summed E-state index contributed by atoms with van der Waals surface area (Å²) in [6, 6.07) is 16.6. The number of nitrogens with one attached hydrogen (secondary N) is 1. The van der Waals surface area contributed by atoms with Crippen molar-refractivity contribution in [3.63, 3.8) is 0 Å². The zero-order valence-electron chi connectivity index (χ0n) is 14.1. The fraction of sp³-hybridized carbons (Fsp3) is 0.211. The number of thiazole rings is 1. The zero-order valence-corrected chi connectivity index (χ0v) is 14.9. The van der Waals surface area contributed by atoms with Crippen molar-refractivity contribution in [2.24, 2.45) is 0 Å². The van der Waals surface area contributed by atoms with Gasteiger partial charge in [-0.05, 0) is 50.4 Å². The highest BCUT2D eigenvalue weighted by atomic mass is 32.1. The number of hydrogen-bond donors (Lipinski definition) is 1. The summed E-state index contributed by atoms with van der Waals surface area (Å²) in [7, 11) is 1.91. The maximum atomic E-state index is 12.4. The topological polar surface area (TPSA) is 69.0 Å². The first kappa shape index (κ1) is 17.1. The zero-order chi connectivity index (χ0) is 17.8. The van der Waals surface area contributed by atoms with Crippen molar-refractivity contribution in [1.82, 2.24) is 9.88 Å². The highest BCUT2D eigenvalue weighted by Gasteiger charge is 2.19. The fourth-order valence-electron chi connectivity index (χ4n) is 2.41. The summed E-state index contributed by atoms with van der Waals surface area (Å²) < 4.78 is 1.15. The number of fused-ring (bicyclic) bond motifs is 1. The van der Waals surface area contributed by atoms with E-state index >= 15 is 0 Å². The molecule has 0 aliphatic rings. The molecule has 1 amide bonds. The largest absolute Gasteiger partial charge is 0.325 e. The van der Waals surface area contributed by atoms with E-state index in [0.717, 1.165) is 15.2 Å². The van der Waals surface area contributed by atoms with Gasteiger partial charge in [-0.3, -0.25) is 9.69 Å². The first-order chi connectivity index (χ1) is 12.1. The number of hydrogen-bond acceptors (Lipinski definition) is 5. The molecular formula is C19H18N4OS. The van der Waals surface area contributed by atoms with Crippen LogP contribution >= 0.6 is 11.3 Å². The van der Waals surface area contributed by atoms with E-state index < -0.39 is 0 Å². The molecule has 0 bridgehead atoms. The van der Waals surface area contributed by atoms with Crippen LogP contribution in [0.1, 0.15) is 17.5 Å². The highest BCUT2D eigenvalue weighted by Crippen LogP contribution is 2.23. The van der Waals surface area contributed by atoms with Gasteiger partial charge in [-0.1, -0.05) is 12.1 Å². The maximum Gasteiger partial charge on any atom is 0.241 e. The summed E-state index contributed by atoms with van der Waals surface area (Å²) in [5.74, 6) is -0.0895. The summed E-state index contributed by atoms with van der Waals surface area (Å²) in [5.41, 5.74) is 2.24. The Morgan fingerprint density at radius 1 is 1.28 bits per heavy atom. The summed E-state index contributed by atoms with van der Waals surface area (Å²) in [4.78, 5) is 19.0. The standard InChI is InChI=1S/C19H18N4OS/c1-13(19(24)21-15-9-7-14(11-20)8-10-15)23(2)12-18-22-16-5-3-4-6-17(16)25-18/h3-10,13H,12H2,1-2H3,(H,21,24)/t13-/m1/s1. The summed E-state index contributed by atoms with van der Waals surface area (Å²) in [6.45, 7) is 2.48. The van der Waals surface area contributed by atoms with Gasteiger partial charge in [0.25, 0.3) is 0 Å². The fourth-order valence-corrected chi connectivity index (χ4v) is 3.44. The molecule has 0 spiro atoms. The lowest BCUT2D eigenvalue weighted by molar-refractivity contribution is -0.120. The van der Waals surface area contributed by atoms with Gasteiger partial charge < -0.3 is 5.32 Å². The van der Waals surface area contributed by atoms with Gasteiger partial charge in [0.15, 0.2) is 0 Å². The first-order valence-electron chi connectivity index (χ1n) is 7.92. The van der Waals surface area contributed by atoms with E-state index in [9.17, 15) is 4.79 Å². The average Bonchev–Trinajstić information content (AvgIpc) is 3.03. The van der Waals surface area contributed by atoms with Crippen molar-refractivity contribution in [3.8, 4) is 6.07 Å². The quantitative estimate of drug-likeness (QED) is 0.763. The predicted molar refractivity (Wildman–Crippen MR) is 100 cm³/mol. The molecule has 1 heterocycles. The number of likely N-dealkylation sites (N-methyl/N-ethyl adjacent to an activating group) is 1. The molecule has 0 saturated heterocycles. The molecule has 3 rings (SSSR count). The molecule has 0 aliphatic carbocycles. The van der Waals surface area contributed by atoms with E-state index in [1.165, 1.54) is 0 Å². The Morgan fingerprint density at radius 3 is 2.68 bits per heavy atom. The number of benzene rings is 2. The Morgan fingerprint density at radius 2 is 2.00 bits per heavy atom. The van der Waals surface area contributed by atoms with Crippen LogP contribution in [-0.4, -0.2) is 28.9 Å². The molecule has 6 heteroatoms. The van der Waals surface area contributed by atoms with Gasteiger partial charge in [0.05, 0.1) is 34.4 Å². The number of carbonyl (C=O) groups excluding carboxylic acids is 1. The van der Waals surface area contributed by atoms with Crippen LogP contribution in [0.5, 0.6) is 0 Å². The smallest absolute Gasteiger partial charge is 0.241 e. The molecule has 1 N–H and O–H groups in total. The molecule has 0 fully saturated rings. The van der Waals surface area contributed by atoms with Crippen LogP contribution in [0.25, 0.3) is 10.2 Å². The van der Waals surface area contributed by atoms with Crippen LogP contribution in [0, 0.1) is 11.3 Å². The van der Waals surface area contributed by atoms with Gasteiger partial charge in [-0.15, -0.1) is 11.3 Å². The molecule has 126 valence electrons. The lowest BCUT2D eigenvalue weighted by atomic mass is 10.2. The van der Waals surface area contributed by atoms with Crippen molar-refractivity contribution in [3.05, 3.63) is 59.1 Å². The second-order valence-electron chi connectivity index (χ2n) is 5.84. The van der Waals surface area contributed by atoms with Crippen LogP contribution in [0.2, 0.25) is 0 Å². The summed E-state index contributed by atoms with van der Waals surface area (Å²) in [6.07, 6.45) is 0. The predicted octanol–water partition coefficient (Wildman–Crippen LogP) is 3.63. The van der Waals surface area contributed by atoms with Crippen LogP contribution in [0.3, 0.4) is 0 Å². The molecule has 0 saturated carbocycles. The number of nitriles is 1. The Bertz CT molecular complexity index is 893. The van der Waals surface area contributed by atoms with E-state index in [1.54, 1.807) is 35.6 Å². The number of amides is 1. The molecule has 3 aromatic rings. The third-order valence-electron chi connectivity index (χ3n) is 4.04. The number of rotatable bonds is 5. The second-order valence-corrected chi connectivity index (χ2v) is 6.96. The number of aromatic nitrogens is 1. The SMILES string of the molecule is C[C@H](C(=O)Nc1ccc(C#N)cc1)N(C)Cc1nc2ccccc2s1. The van der Waals surface area contributed by atoms with E-state index in [2.05, 4.69) is 22.4 Å². The van der Waals surface area contributed by atoms with Gasteiger partial charge in [0.2, 0.25) is 5.91 Å². The van der Waals surface area contributed by atoms with Crippen LogP contribution in [-0.2, 0) is 11.3 Å². The van der Waals surface area contributed by atoms with E-state index in [4.69, 9.17) is 5.26 Å².